The molecule has 0 saturated carbocycles. The Balaban J connectivity index is 1.62. The lowest BCUT2D eigenvalue weighted by Gasteiger charge is -2.26. The second-order valence-corrected chi connectivity index (χ2v) is 8.52. The predicted molar refractivity (Wildman–Crippen MR) is 119 cm³/mol. The number of fused-ring (bicyclic) bond motifs is 2. The molecule has 4 heterocycles. The molecule has 0 fully saturated rings. The number of amides is 1. The van der Waals surface area contributed by atoms with Gasteiger partial charge in [-0.3, -0.25) is 4.79 Å². The number of aromatic nitrogens is 6. The van der Waals surface area contributed by atoms with Crippen LogP contribution in [-0.2, 0) is 4.79 Å². The Bertz CT molecular complexity index is 1320. The van der Waals surface area contributed by atoms with E-state index in [2.05, 4.69) is 34.5 Å². The summed E-state index contributed by atoms with van der Waals surface area (Å²) in [5.41, 5.74) is 3.46. The van der Waals surface area contributed by atoms with Crippen LogP contribution in [0.3, 0.4) is 0 Å². The fraction of sp³-hybridized carbons (Fsp3) is 0.348. The minimum Gasteiger partial charge on any atom is -0.493 e. The molecule has 1 aliphatic heterocycles. The highest BCUT2D eigenvalue weighted by Crippen LogP contribution is 2.43. The van der Waals surface area contributed by atoms with Gasteiger partial charge in [-0.15, -0.1) is 15.3 Å². The van der Waals surface area contributed by atoms with Crippen LogP contribution in [0.4, 0.5) is 5.82 Å². The van der Waals surface area contributed by atoms with E-state index in [1.807, 2.05) is 50.2 Å². The number of nitrogens with zero attached hydrogens (tertiary/aromatic N) is 6. The molecule has 0 aliphatic carbocycles. The quantitative estimate of drug-likeness (QED) is 0.520. The van der Waals surface area contributed by atoms with E-state index < -0.39 is 0 Å². The third-order valence-corrected chi connectivity index (χ3v) is 5.59. The van der Waals surface area contributed by atoms with E-state index >= 15 is 0 Å². The molecule has 3 aromatic heterocycles. The second kappa shape index (κ2) is 7.74. The number of hydrogen-bond acceptors (Lipinski definition) is 6. The zero-order valence-corrected chi connectivity index (χ0v) is 18.5. The van der Waals surface area contributed by atoms with E-state index in [0.29, 0.717) is 42.1 Å². The van der Waals surface area contributed by atoms with Crippen LogP contribution in [0.2, 0.25) is 0 Å². The monoisotopic (exact) mass is 431 g/mol. The number of rotatable bonds is 5. The Hall–Kier alpha value is -3.75. The fourth-order valence-corrected chi connectivity index (χ4v) is 4.13. The molecular weight excluding hydrogens is 406 g/mol. The number of nitrogens with one attached hydrogen (secondary N) is 1. The minimum absolute atomic E-state index is 0.0659. The van der Waals surface area contributed by atoms with Crippen molar-refractivity contribution < 1.29 is 9.53 Å². The van der Waals surface area contributed by atoms with Gasteiger partial charge in [-0.1, -0.05) is 32.0 Å². The zero-order valence-electron chi connectivity index (χ0n) is 18.5. The molecule has 1 atom stereocenters. The van der Waals surface area contributed by atoms with Crippen molar-refractivity contribution in [3.05, 3.63) is 59.0 Å². The molecule has 0 bridgehead atoms. The highest BCUT2D eigenvalue weighted by molar-refractivity contribution is 5.95. The minimum atomic E-state index is -0.156. The molecule has 32 heavy (non-hydrogen) atoms. The summed E-state index contributed by atoms with van der Waals surface area (Å²) < 4.78 is 9.45. The van der Waals surface area contributed by atoms with Gasteiger partial charge in [-0.2, -0.15) is 14.3 Å². The summed E-state index contributed by atoms with van der Waals surface area (Å²) in [5, 5.41) is 20.5. The second-order valence-electron chi connectivity index (χ2n) is 8.52. The van der Waals surface area contributed by atoms with Gasteiger partial charge in [0.05, 0.1) is 12.3 Å². The van der Waals surface area contributed by atoms with Crippen LogP contribution in [0, 0.1) is 19.8 Å². The first-order chi connectivity index (χ1) is 15.4. The molecule has 9 heteroatoms. The van der Waals surface area contributed by atoms with Crippen LogP contribution in [0.5, 0.6) is 5.75 Å². The van der Waals surface area contributed by atoms with E-state index in [1.165, 1.54) is 0 Å². The topological polar surface area (TPSA) is 99.2 Å². The van der Waals surface area contributed by atoms with Gasteiger partial charge in [0.25, 0.3) is 0 Å². The van der Waals surface area contributed by atoms with Gasteiger partial charge in [-0.05, 0) is 38.0 Å². The number of para-hydroxylation sites is 1. The summed E-state index contributed by atoms with van der Waals surface area (Å²) in [6, 6.07) is 11.6. The summed E-state index contributed by atoms with van der Waals surface area (Å²) >= 11 is 0. The zero-order chi connectivity index (χ0) is 22.4. The summed E-state index contributed by atoms with van der Waals surface area (Å²) in [7, 11) is 0. The van der Waals surface area contributed by atoms with Gasteiger partial charge in [0.15, 0.2) is 17.3 Å². The Morgan fingerprint density at radius 3 is 2.75 bits per heavy atom. The number of carbonyl (C=O) groups excluding carboxylic acids is 1. The van der Waals surface area contributed by atoms with E-state index in [4.69, 9.17) is 9.84 Å². The van der Waals surface area contributed by atoms with Crippen LogP contribution in [0.15, 0.2) is 36.4 Å². The molecule has 0 spiro atoms. The number of aryl methyl sites for hydroxylation is 2. The van der Waals surface area contributed by atoms with Crippen molar-refractivity contribution in [2.75, 3.05) is 11.9 Å². The van der Waals surface area contributed by atoms with Crippen LogP contribution in [-0.4, -0.2) is 42.1 Å². The lowest BCUT2D eigenvalue weighted by molar-refractivity contribution is -0.116. The maximum absolute atomic E-state index is 12.8. The molecular formula is C23H25N7O2. The normalized spacial score (nSPS) is 15.8. The lowest BCUT2D eigenvalue weighted by Crippen LogP contribution is -2.25. The third-order valence-electron chi connectivity index (χ3n) is 5.59. The molecule has 1 aromatic carbocycles. The van der Waals surface area contributed by atoms with Crippen molar-refractivity contribution in [1.82, 2.24) is 29.6 Å². The maximum Gasteiger partial charge on any atom is 0.226 e. The van der Waals surface area contributed by atoms with Crippen molar-refractivity contribution in [2.24, 2.45) is 5.92 Å². The average Bonchev–Trinajstić information content (AvgIpc) is 3.31. The predicted octanol–water partition coefficient (Wildman–Crippen LogP) is 3.44. The van der Waals surface area contributed by atoms with Crippen LogP contribution < -0.4 is 10.1 Å². The van der Waals surface area contributed by atoms with E-state index in [0.717, 1.165) is 22.6 Å². The van der Waals surface area contributed by atoms with E-state index in [9.17, 15) is 4.79 Å². The standard InChI is InChI=1S/C23H25N7O2/c1-13(2)12-32-18-8-6-5-7-16(18)17-11-21(31)24-23-22(17)14(3)27-30(23)20-10-9-19-26-25-15(4)29(19)28-20/h5-10,13,17H,11-12H2,1-4H3,(H,24,31). The molecule has 164 valence electrons. The van der Waals surface area contributed by atoms with Crippen molar-refractivity contribution in [1.29, 1.82) is 0 Å². The molecule has 1 aliphatic rings. The molecule has 0 saturated heterocycles. The number of hydrogen-bond donors (Lipinski definition) is 1. The van der Waals surface area contributed by atoms with E-state index in [-0.39, 0.29) is 11.8 Å². The summed E-state index contributed by atoms with van der Waals surface area (Å²) in [6.45, 7) is 8.64. The SMILES string of the molecule is Cc1nn(-c2ccc3nnc(C)n3n2)c2c1C(c1ccccc1OCC(C)C)CC(=O)N2. The molecule has 5 rings (SSSR count). The van der Waals surface area contributed by atoms with Gasteiger partial charge in [-0.25, -0.2) is 0 Å². The number of anilines is 1. The highest BCUT2D eigenvalue weighted by atomic mass is 16.5. The molecule has 1 unspecified atom stereocenters. The summed E-state index contributed by atoms with van der Waals surface area (Å²) in [4.78, 5) is 12.8. The molecule has 4 aromatic rings. The molecule has 1 amide bonds. The van der Waals surface area contributed by atoms with Gasteiger partial charge in [0.1, 0.15) is 11.6 Å². The molecule has 0 radical (unpaired) electrons. The first kappa shape index (κ1) is 20.2. The van der Waals surface area contributed by atoms with Crippen molar-refractivity contribution in [2.45, 2.75) is 40.0 Å². The molecule has 1 N–H and O–H groups in total. The van der Waals surface area contributed by atoms with Crippen molar-refractivity contribution in [3.63, 3.8) is 0 Å². The van der Waals surface area contributed by atoms with Gasteiger partial charge < -0.3 is 10.1 Å². The number of benzene rings is 1. The first-order valence-corrected chi connectivity index (χ1v) is 10.7. The molecule has 9 nitrogen and oxygen atoms in total. The van der Waals surface area contributed by atoms with Gasteiger partial charge in [0, 0.05) is 23.5 Å². The van der Waals surface area contributed by atoms with Crippen LogP contribution in [0.1, 0.15) is 48.8 Å². The van der Waals surface area contributed by atoms with Crippen LogP contribution >= 0.6 is 0 Å². The van der Waals surface area contributed by atoms with Crippen molar-refractivity contribution >= 4 is 17.4 Å². The maximum atomic E-state index is 12.8. The smallest absolute Gasteiger partial charge is 0.226 e. The third kappa shape index (κ3) is 3.39. The van der Waals surface area contributed by atoms with Gasteiger partial charge >= 0.3 is 0 Å². The van der Waals surface area contributed by atoms with Crippen LogP contribution in [0.25, 0.3) is 11.5 Å². The first-order valence-electron chi connectivity index (χ1n) is 10.7. The Morgan fingerprint density at radius 2 is 1.94 bits per heavy atom. The average molecular weight is 432 g/mol. The fourth-order valence-electron chi connectivity index (χ4n) is 4.13. The Morgan fingerprint density at radius 1 is 1.12 bits per heavy atom. The van der Waals surface area contributed by atoms with Gasteiger partial charge in [0.2, 0.25) is 5.91 Å². The summed E-state index contributed by atoms with van der Waals surface area (Å²) in [6.07, 6.45) is 0.332. The van der Waals surface area contributed by atoms with Crippen molar-refractivity contribution in [3.8, 4) is 11.6 Å². The highest BCUT2D eigenvalue weighted by Gasteiger charge is 2.34. The van der Waals surface area contributed by atoms with E-state index in [1.54, 1.807) is 9.20 Å². The largest absolute Gasteiger partial charge is 0.493 e. The lowest BCUT2D eigenvalue weighted by atomic mass is 9.85. The Kier molecular flexibility index (Phi) is 4.88. The summed E-state index contributed by atoms with van der Waals surface area (Å²) in [5.74, 6) is 2.88. The number of carbonyl (C=O) groups is 1. The Labute approximate surface area is 185 Å². The number of ether oxygens (including phenoxy) is 1.